The van der Waals surface area contributed by atoms with Gasteiger partial charge in [0, 0.05) is 19.1 Å². The molecular weight excluding hydrogens is 254 g/mol. The second kappa shape index (κ2) is 5.66. The van der Waals surface area contributed by atoms with Crippen molar-refractivity contribution < 1.29 is 23.9 Å². The molecule has 2 rings (SSSR count). The number of methoxy groups -OCH3 is 1. The van der Waals surface area contributed by atoms with Crippen LogP contribution in [0.5, 0.6) is 11.5 Å². The molecule has 19 heavy (non-hydrogen) atoms. The van der Waals surface area contributed by atoms with E-state index in [9.17, 15) is 14.9 Å². The van der Waals surface area contributed by atoms with Crippen LogP contribution in [-0.2, 0) is 16.0 Å². The van der Waals surface area contributed by atoms with Crippen LogP contribution in [0.15, 0.2) is 12.1 Å². The highest BCUT2D eigenvalue weighted by Gasteiger charge is 2.23. The van der Waals surface area contributed by atoms with E-state index in [1.807, 2.05) is 0 Å². The SMILES string of the molecule is COCC(=O)Cc1cc2c(cc1[N+](=O)[O-])OCCO2. The molecule has 0 unspecified atom stereocenters. The van der Waals surface area contributed by atoms with Gasteiger partial charge in [0.1, 0.15) is 19.8 Å². The number of hydrogen-bond donors (Lipinski definition) is 0. The topological polar surface area (TPSA) is 87.9 Å². The van der Waals surface area contributed by atoms with E-state index in [1.54, 1.807) is 0 Å². The molecule has 0 aromatic heterocycles. The van der Waals surface area contributed by atoms with Crippen molar-refractivity contribution in [3.8, 4) is 11.5 Å². The van der Waals surface area contributed by atoms with E-state index in [4.69, 9.17) is 14.2 Å². The van der Waals surface area contributed by atoms with Crippen LogP contribution in [0.2, 0.25) is 0 Å². The maximum absolute atomic E-state index is 11.5. The first-order valence-electron chi connectivity index (χ1n) is 5.69. The number of hydrogen-bond acceptors (Lipinski definition) is 6. The van der Waals surface area contributed by atoms with Crippen LogP contribution in [0.4, 0.5) is 5.69 Å². The Hall–Kier alpha value is -2.15. The molecule has 7 nitrogen and oxygen atoms in total. The second-order valence-electron chi connectivity index (χ2n) is 4.03. The smallest absolute Gasteiger partial charge is 0.277 e. The Bertz CT molecular complexity index is 513. The van der Waals surface area contributed by atoms with Crippen LogP contribution in [0.25, 0.3) is 0 Å². The Morgan fingerprint density at radius 1 is 1.37 bits per heavy atom. The van der Waals surface area contributed by atoms with Gasteiger partial charge < -0.3 is 14.2 Å². The fourth-order valence-electron chi connectivity index (χ4n) is 1.86. The van der Waals surface area contributed by atoms with E-state index in [2.05, 4.69) is 0 Å². The van der Waals surface area contributed by atoms with Gasteiger partial charge in [-0.3, -0.25) is 14.9 Å². The number of Topliss-reactive ketones (excluding diaryl/α,β-unsaturated/α-hetero) is 1. The summed E-state index contributed by atoms with van der Waals surface area (Å²) in [6.45, 7) is 0.661. The van der Waals surface area contributed by atoms with Gasteiger partial charge in [0.25, 0.3) is 5.69 Å². The Morgan fingerprint density at radius 3 is 2.58 bits per heavy atom. The van der Waals surface area contributed by atoms with Crippen LogP contribution in [0.1, 0.15) is 5.56 Å². The molecule has 1 aliphatic rings. The Balaban J connectivity index is 2.34. The maximum atomic E-state index is 11.5. The van der Waals surface area contributed by atoms with Crippen LogP contribution in [-0.4, -0.2) is 37.6 Å². The summed E-state index contributed by atoms with van der Waals surface area (Å²) in [5.74, 6) is 0.528. The summed E-state index contributed by atoms with van der Waals surface area (Å²) in [5, 5.41) is 11.0. The third-order valence-electron chi connectivity index (χ3n) is 2.63. The third-order valence-corrected chi connectivity index (χ3v) is 2.63. The molecule has 0 aliphatic carbocycles. The largest absolute Gasteiger partial charge is 0.486 e. The van der Waals surface area contributed by atoms with Crippen molar-refractivity contribution in [3.63, 3.8) is 0 Å². The van der Waals surface area contributed by atoms with Crippen LogP contribution in [0, 0.1) is 10.1 Å². The lowest BCUT2D eigenvalue weighted by molar-refractivity contribution is -0.385. The van der Waals surface area contributed by atoms with Crippen molar-refractivity contribution in [2.45, 2.75) is 6.42 Å². The lowest BCUT2D eigenvalue weighted by Gasteiger charge is -2.18. The van der Waals surface area contributed by atoms with Crippen molar-refractivity contribution in [1.29, 1.82) is 0 Å². The zero-order valence-electron chi connectivity index (χ0n) is 10.4. The molecule has 0 N–H and O–H groups in total. The summed E-state index contributed by atoms with van der Waals surface area (Å²) < 4.78 is 15.3. The Morgan fingerprint density at radius 2 is 2.00 bits per heavy atom. The van der Waals surface area contributed by atoms with Gasteiger partial charge in [0.2, 0.25) is 0 Å². The van der Waals surface area contributed by atoms with Crippen molar-refractivity contribution >= 4 is 11.5 Å². The summed E-state index contributed by atoms with van der Waals surface area (Å²) in [6.07, 6.45) is -0.0687. The number of ketones is 1. The summed E-state index contributed by atoms with van der Waals surface area (Å²) in [6, 6.07) is 2.78. The Labute approximate surface area is 109 Å². The molecule has 0 spiro atoms. The van der Waals surface area contributed by atoms with Crippen molar-refractivity contribution in [1.82, 2.24) is 0 Å². The predicted octanol–water partition coefficient (Wildman–Crippen LogP) is 1.12. The average Bonchev–Trinajstić information content (AvgIpc) is 2.38. The van der Waals surface area contributed by atoms with Gasteiger partial charge in [-0.25, -0.2) is 0 Å². The molecule has 1 heterocycles. The molecule has 1 aromatic carbocycles. The molecule has 0 radical (unpaired) electrons. The Kier molecular flexibility index (Phi) is 3.96. The third kappa shape index (κ3) is 3.00. The van der Waals surface area contributed by atoms with E-state index in [1.165, 1.54) is 19.2 Å². The molecule has 0 saturated carbocycles. The van der Waals surface area contributed by atoms with Crippen LogP contribution >= 0.6 is 0 Å². The van der Waals surface area contributed by atoms with E-state index >= 15 is 0 Å². The van der Waals surface area contributed by atoms with Crippen molar-refractivity contribution in [3.05, 3.63) is 27.8 Å². The highest BCUT2D eigenvalue weighted by Crippen LogP contribution is 2.36. The quantitative estimate of drug-likeness (QED) is 0.587. The minimum atomic E-state index is -0.534. The number of fused-ring (bicyclic) bond motifs is 1. The highest BCUT2D eigenvalue weighted by molar-refractivity contribution is 5.83. The summed E-state index contributed by atoms with van der Waals surface area (Å²) in [5.41, 5.74) is 0.157. The lowest BCUT2D eigenvalue weighted by Crippen LogP contribution is -2.17. The molecule has 1 aliphatic heterocycles. The number of rotatable bonds is 5. The zero-order valence-corrected chi connectivity index (χ0v) is 10.4. The number of nitro benzene ring substituents is 1. The van der Waals surface area contributed by atoms with Gasteiger partial charge in [0.15, 0.2) is 17.3 Å². The molecule has 0 bridgehead atoms. The van der Waals surface area contributed by atoms with Gasteiger partial charge in [-0.15, -0.1) is 0 Å². The number of benzene rings is 1. The molecule has 7 heteroatoms. The first-order valence-corrected chi connectivity index (χ1v) is 5.69. The first-order chi connectivity index (χ1) is 9.11. The number of ether oxygens (including phenoxy) is 3. The summed E-state index contributed by atoms with van der Waals surface area (Å²) >= 11 is 0. The van der Waals surface area contributed by atoms with Gasteiger partial charge >= 0.3 is 0 Å². The number of carbonyl (C=O) groups is 1. The van der Waals surface area contributed by atoms with Gasteiger partial charge in [-0.1, -0.05) is 0 Å². The van der Waals surface area contributed by atoms with E-state index in [0.717, 1.165) is 0 Å². The van der Waals surface area contributed by atoms with E-state index < -0.39 is 4.92 Å². The van der Waals surface area contributed by atoms with E-state index in [0.29, 0.717) is 30.3 Å². The highest BCUT2D eigenvalue weighted by atomic mass is 16.6. The van der Waals surface area contributed by atoms with E-state index in [-0.39, 0.29) is 24.5 Å². The monoisotopic (exact) mass is 267 g/mol. The molecule has 0 fully saturated rings. The van der Waals surface area contributed by atoms with Crippen LogP contribution < -0.4 is 9.47 Å². The van der Waals surface area contributed by atoms with Gasteiger partial charge in [0.05, 0.1) is 11.0 Å². The minimum Gasteiger partial charge on any atom is -0.486 e. The zero-order chi connectivity index (χ0) is 13.8. The fraction of sp³-hybridized carbons (Fsp3) is 0.417. The van der Waals surface area contributed by atoms with Crippen molar-refractivity contribution in [2.24, 2.45) is 0 Å². The first kappa shape index (κ1) is 13.3. The normalized spacial score (nSPS) is 13.1. The second-order valence-corrected chi connectivity index (χ2v) is 4.03. The lowest BCUT2D eigenvalue weighted by atomic mass is 10.1. The number of carbonyl (C=O) groups excluding carboxylic acids is 1. The maximum Gasteiger partial charge on any atom is 0.277 e. The molecule has 0 saturated heterocycles. The van der Waals surface area contributed by atoms with Gasteiger partial charge in [-0.2, -0.15) is 0 Å². The molecular formula is C12H13NO6. The summed E-state index contributed by atoms with van der Waals surface area (Å²) in [7, 11) is 1.40. The predicted molar refractivity (Wildman–Crippen MR) is 64.7 cm³/mol. The van der Waals surface area contributed by atoms with Crippen molar-refractivity contribution in [2.75, 3.05) is 26.9 Å². The number of nitro groups is 1. The molecule has 1 aromatic rings. The molecule has 102 valence electrons. The van der Waals surface area contributed by atoms with Crippen LogP contribution in [0.3, 0.4) is 0 Å². The van der Waals surface area contributed by atoms with Gasteiger partial charge in [-0.05, 0) is 6.07 Å². The fourth-order valence-corrected chi connectivity index (χ4v) is 1.86. The summed E-state index contributed by atoms with van der Waals surface area (Å²) in [4.78, 5) is 22.0. The molecule has 0 atom stereocenters. The minimum absolute atomic E-state index is 0.0687. The number of nitrogens with zero attached hydrogens (tertiary/aromatic N) is 1. The average molecular weight is 267 g/mol. The molecule has 0 amide bonds. The standard InChI is InChI=1S/C12H13NO6/c1-17-7-9(14)4-8-5-11-12(19-3-2-18-11)6-10(8)13(15)16/h5-6H,2-4,7H2,1H3.